The van der Waals surface area contributed by atoms with Gasteiger partial charge in [-0.2, -0.15) is 0 Å². The monoisotopic (exact) mass is 802 g/mol. The van der Waals surface area contributed by atoms with Crippen LogP contribution in [-0.2, 0) is 48.9 Å². The second-order valence-electron chi connectivity index (χ2n) is 9.72. The van der Waals surface area contributed by atoms with Gasteiger partial charge in [-0.15, -0.1) is 0 Å². The van der Waals surface area contributed by atoms with Gasteiger partial charge in [0.05, 0.1) is 54.6 Å². The van der Waals surface area contributed by atoms with Crippen LogP contribution in [0.4, 0.5) is 0 Å². The number of esters is 3. The number of nitrogens with two attached hydrogens (primary N) is 2. The third kappa shape index (κ3) is 15.5. The Morgan fingerprint density at radius 1 is 0.686 bits per heavy atom. The van der Waals surface area contributed by atoms with Crippen LogP contribution >= 0.6 is 10.7 Å². The van der Waals surface area contributed by atoms with Crippen molar-refractivity contribution in [3.63, 3.8) is 0 Å². The van der Waals surface area contributed by atoms with Crippen molar-refractivity contribution in [1.29, 1.82) is 0 Å². The van der Waals surface area contributed by atoms with Gasteiger partial charge in [0.1, 0.15) is 18.8 Å². The van der Waals surface area contributed by atoms with Crippen LogP contribution in [-0.4, -0.2) is 68.1 Å². The number of carbonyl (C=O) groups excluding carboxylic acids is 3. The van der Waals surface area contributed by atoms with E-state index >= 15 is 0 Å². The fourth-order valence-electron chi connectivity index (χ4n) is 2.93. The number of sulfonamides is 2. The molecule has 4 aromatic rings. The minimum Gasteiger partial charge on any atom is -0.472 e. The Balaban J connectivity index is 0.000000342. The summed E-state index contributed by atoms with van der Waals surface area (Å²) in [6, 6.07) is 4.81. The fraction of sp³-hybridized carbons (Fsp3) is 0.321. The molecule has 0 saturated heterocycles. The number of rotatable bonds is 10. The van der Waals surface area contributed by atoms with E-state index in [2.05, 4.69) is 31.9 Å². The first-order valence-electron chi connectivity index (χ1n) is 14.0. The van der Waals surface area contributed by atoms with Gasteiger partial charge >= 0.3 is 17.9 Å². The second kappa shape index (κ2) is 19.2. The zero-order chi connectivity index (χ0) is 39.2. The molecule has 0 amide bonds. The molecule has 5 N–H and O–H groups in total. The second-order valence-corrected chi connectivity index (χ2v) is 15.2. The van der Waals surface area contributed by atoms with E-state index in [0.29, 0.717) is 17.7 Å². The highest BCUT2D eigenvalue weighted by molar-refractivity contribution is 8.13. The van der Waals surface area contributed by atoms with E-state index in [4.69, 9.17) is 21.0 Å². The number of carbonyl (C=O) groups is 3. The van der Waals surface area contributed by atoms with E-state index < -0.39 is 56.8 Å². The summed E-state index contributed by atoms with van der Waals surface area (Å²) in [6.07, 6.45) is 5.93. The van der Waals surface area contributed by atoms with Crippen molar-refractivity contribution in [2.45, 2.75) is 55.5 Å². The smallest absolute Gasteiger partial charge is 0.341 e. The zero-order valence-electron chi connectivity index (χ0n) is 27.6. The summed E-state index contributed by atoms with van der Waals surface area (Å²) in [7, 11) is -6.68. The molecule has 0 aliphatic rings. The average Bonchev–Trinajstić information content (AvgIpc) is 3.84. The summed E-state index contributed by atoms with van der Waals surface area (Å²) >= 11 is 0. The summed E-state index contributed by atoms with van der Waals surface area (Å²) in [6.45, 7) is 8.87. The number of primary sulfonamides is 2. The summed E-state index contributed by atoms with van der Waals surface area (Å²) in [5.41, 5.74) is -0.257. The number of aliphatic hydroxyl groups is 1. The number of ether oxygens (including phenoxy) is 3. The Morgan fingerprint density at radius 3 is 1.37 bits per heavy atom. The Hall–Kier alpha value is -4.45. The molecule has 0 bridgehead atoms. The molecule has 0 spiro atoms. The van der Waals surface area contributed by atoms with Crippen molar-refractivity contribution < 1.29 is 76.6 Å². The molecular weight excluding hydrogens is 768 g/mol. The molecule has 4 aromatic heterocycles. The lowest BCUT2D eigenvalue weighted by Gasteiger charge is -2.13. The Bertz CT molecular complexity index is 1970. The van der Waals surface area contributed by atoms with Crippen LogP contribution in [0.2, 0.25) is 0 Å². The van der Waals surface area contributed by atoms with Crippen molar-refractivity contribution in [3.8, 4) is 0 Å². The molecule has 0 fully saturated rings. The molecule has 284 valence electrons. The number of hydrogen-bond acceptors (Lipinski definition) is 17. The molecular formula is C28H35ClN2O17S3. The van der Waals surface area contributed by atoms with Gasteiger partial charge in [-0.3, -0.25) is 0 Å². The quantitative estimate of drug-likeness (QED) is 0.118. The topological polar surface area (TPSA) is 306 Å². The molecule has 51 heavy (non-hydrogen) atoms. The Labute approximate surface area is 296 Å². The summed E-state index contributed by atoms with van der Waals surface area (Å²) < 4.78 is 97.0. The van der Waals surface area contributed by atoms with Gasteiger partial charge in [-0.1, -0.05) is 0 Å². The van der Waals surface area contributed by atoms with Gasteiger partial charge in [0, 0.05) is 34.4 Å². The zero-order valence-corrected chi connectivity index (χ0v) is 30.8. The third-order valence-electron chi connectivity index (χ3n) is 5.29. The van der Waals surface area contributed by atoms with E-state index in [0.717, 1.165) is 24.7 Å². The molecule has 4 heterocycles. The fourth-order valence-corrected chi connectivity index (χ4v) is 4.56. The number of hydrogen-bond donors (Lipinski definition) is 3. The third-order valence-corrected chi connectivity index (χ3v) is 7.99. The molecule has 0 atom stereocenters. The van der Waals surface area contributed by atoms with Crippen LogP contribution < -0.4 is 10.3 Å². The highest BCUT2D eigenvalue weighted by Crippen LogP contribution is 2.23. The lowest BCUT2D eigenvalue weighted by Crippen LogP contribution is -2.15. The molecule has 0 unspecified atom stereocenters. The Kier molecular flexibility index (Phi) is 16.8. The normalized spacial score (nSPS) is 11.4. The first-order valence-corrected chi connectivity index (χ1v) is 19.4. The van der Waals surface area contributed by atoms with E-state index in [9.17, 15) is 44.7 Å². The molecule has 0 saturated carbocycles. The van der Waals surface area contributed by atoms with Crippen molar-refractivity contribution in [2.75, 3.05) is 19.8 Å². The van der Waals surface area contributed by atoms with Gasteiger partial charge < -0.3 is 37.0 Å². The van der Waals surface area contributed by atoms with Crippen molar-refractivity contribution in [3.05, 3.63) is 77.8 Å². The minimum absolute atomic E-state index is 0.0195. The largest absolute Gasteiger partial charge is 0.472 e. The van der Waals surface area contributed by atoms with Crippen molar-refractivity contribution in [1.82, 2.24) is 0 Å². The van der Waals surface area contributed by atoms with Gasteiger partial charge in [0.15, 0.2) is 0 Å². The summed E-state index contributed by atoms with van der Waals surface area (Å²) in [5, 5.41) is 17.8. The first kappa shape index (κ1) is 44.6. The minimum atomic E-state index is -3.93. The molecule has 0 radical (unpaired) electrons. The van der Waals surface area contributed by atoms with E-state index in [1.807, 2.05) is 0 Å². The van der Waals surface area contributed by atoms with Crippen molar-refractivity contribution >= 4 is 57.7 Å². The number of furan rings is 4. The van der Waals surface area contributed by atoms with Gasteiger partial charge in [-0.25, -0.2) is 49.9 Å². The van der Waals surface area contributed by atoms with E-state index in [1.54, 1.807) is 26.8 Å². The van der Waals surface area contributed by atoms with Gasteiger partial charge in [0.25, 0.3) is 29.1 Å². The molecule has 23 heteroatoms. The van der Waals surface area contributed by atoms with Gasteiger partial charge in [0.2, 0.25) is 15.3 Å². The standard InChI is InChI=1S/C7H7ClO5S.C7H9NO5S.C7H11NO4S.C7H8O3/c2*1-2-12-7(9)5-3-6(13-4-5)14(8,10)11;1-7(2,9)5-3-6(12-4-5)13(8,10)11;1-2-10-7(8)6-3-4-9-5-6/h3-4H,2H2,1H3;3-4H,2H2,1H3,(H2,8,10,11);3-4,9H,1-2H3,(H2,8,10,11);3-5H,2H2,1H3. The Morgan fingerprint density at radius 2 is 1.08 bits per heavy atom. The highest BCUT2D eigenvalue weighted by atomic mass is 35.7. The first-order chi connectivity index (χ1) is 23.4. The molecule has 0 aliphatic carbocycles. The van der Waals surface area contributed by atoms with Crippen LogP contribution in [0.3, 0.4) is 0 Å². The lowest BCUT2D eigenvalue weighted by molar-refractivity contribution is 0.0516. The van der Waals surface area contributed by atoms with Crippen LogP contribution in [0, 0.1) is 0 Å². The molecule has 19 nitrogen and oxygen atoms in total. The molecule has 0 aliphatic heterocycles. The summed E-state index contributed by atoms with van der Waals surface area (Å²) in [5.74, 6) is -1.63. The van der Waals surface area contributed by atoms with Gasteiger partial charge in [-0.05, 0) is 40.7 Å². The lowest BCUT2D eigenvalue weighted by atomic mass is 10.0. The molecule has 4 rings (SSSR count). The van der Waals surface area contributed by atoms with Crippen molar-refractivity contribution in [2.24, 2.45) is 10.3 Å². The maximum Gasteiger partial charge on any atom is 0.341 e. The predicted octanol–water partition coefficient (Wildman–Crippen LogP) is 3.10. The van der Waals surface area contributed by atoms with E-state index in [1.165, 1.54) is 38.7 Å². The predicted molar refractivity (Wildman–Crippen MR) is 174 cm³/mol. The van der Waals surface area contributed by atoms with Crippen LogP contribution in [0.25, 0.3) is 0 Å². The summed E-state index contributed by atoms with van der Waals surface area (Å²) in [4.78, 5) is 33.0. The molecule has 0 aromatic carbocycles. The maximum absolute atomic E-state index is 11.1. The van der Waals surface area contributed by atoms with E-state index in [-0.39, 0.29) is 35.4 Å². The SMILES string of the molecule is CC(C)(O)c1coc(S(N)(=O)=O)c1.CCOC(=O)c1ccoc1.CCOC(=O)c1coc(S(=O)(=O)Cl)c1.CCOC(=O)c1coc(S(N)(=O)=O)c1. The van der Waals surface area contributed by atoms with Crippen LogP contribution in [0.5, 0.6) is 0 Å². The average molecular weight is 803 g/mol. The maximum atomic E-state index is 11.1. The van der Waals surface area contributed by atoms with Crippen LogP contribution in [0.1, 0.15) is 71.3 Å². The highest BCUT2D eigenvalue weighted by Gasteiger charge is 2.22. The number of halogens is 1. The van der Waals surface area contributed by atoms with Crippen LogP contribution in [0.15, 0.2) is 88.5 Å².